The fourth-order valence-electron chi connectivity index (χ4n) is 3.94. The summed E-state index contributed by atoms with van der Waals surface area (Å²) < 4.78 is 5.07. The molecule has 0 saturated carbocycles. The Labute approximate surface area is 215 Å². The van der Waals surface area contributed by atoms with Crippen LogP contribution in [0.4, 0.5) is 0 Å². The Morgan fingerprint density at radius 2 is 1.89 bits per heavy atom. The number of hydrogen-bond acceptors (Lipinski definition) is 7. The van der Waals surface area contributed by atoms with Gasteiger partial charge in [0.15, 0.2) is 0 Å². The molecule has 2 rings (SSSR count). The number of Topliss-reactive ketones (excluding diaryl/α,β-unsaturated/α-hetero) is 2. The lowest BCUT2D eigenvalue weighted by atomic mass is 9.79. The van der Waals surface area contributed by atoms with Gasteiger partial charge in [-0.3, -0.25) is 24.0 Å². The summed E-state index contributed by atoms with van der Waals surface area (Å²) in [6.45, 7) is 8.25. The molecule has 2 aliphatic rings. The maximum absolute atomic E-state index is 13.4. The number of rotatable bonds is 10. The van der Waals surface area contributed by atoms with Crippen LogP contribution in [0.1, 0.15) is 53.9 Å². The summed E-state index contributed by atoms with van der Waals surface area (Å²) >= 11 is 6.36. The molecular formula is C26H31ClN2O7. The number of nitrogens with two attached hydrogens (primary N) is 1. The largest absolute Gasteiger partial charge is 0.481 e. The number of fused-ring (bicyclic) bond motifs is 1. The highest BCUT2D eigenvalue weighted by Gasteiger charge is 2.52. The highest BCUT2D eigenvalue weighted by atomic mass is 35.5. The Bertz CT molecular complexity index is 1140. The summed E-state index contributed by atoms with van der Waals surface area (Å²) in [7, 11) is 0. The number of aliphatic carboxylic acids is 1. The van der Waals surface area contributed by atoms with Crippen molar-refractivity contribution in [2.75, 3.05) is 0 Å². The van der Waals surface area contributed by atoms with Gasteiger partial charge >= 0.3 is 11.9 Å². The number of esters is 1. The van der Waals surface area contributed by atoms with Gasteiger partial charge in [0.2, 0.25) is 23.1 Å². The Balaban J connectivity index is 2.70. The number of nitrogens with zero attached hydrogens (tertiary/aromatic N) is 1. The molecular weight excluding hydrogens is 488 g/mol. The van der Waals surface area contributed by atoms with Crippen LogP contribution in [0.15, 0.2) is 58.0 Å². The third kappa shape index (κ3) is 6.20. The van der Waals surface area contributed by atoms with Crippen LogP contribution in [0.2, 0.25) is 0 Å². The number of primary amides is 1. The second-order valence-electron chi connectivity index (χ2n) is 9.01. The zero-order chi connectivity index (χ0) is 27.4. The number of carboxylic acids is 1. The zero-order valence-corrected chi connectivity index (χ0v) is 21.7. The smallest absolute Gasteiger partial charge is 0.304 e. The van der Waals surface area contributed by atoms with E-state index in [4.69, 9.17) is 27.2 Å². The van der Waals surface area contributed by atoms with Crippen molar-refractivity contribution in [2.45, 2.75) is 65.5 Å². The van der Waals surface area contributed by atoms with Crippen LogP contribution >= 0.6 is 11.6 Å². The molecule has 3 unspecified atom stereocenters. The molecule has 9 nitrogen and oxygen atoms in total. The lowest BCUT2D eigenvalue weighted by molar-refractivity contribution is -0.167. The Morgan fingerprint density at radius 3 is 2.42 bits per heavy atom. The molecule has 1 amide bonds. The fourth-order valence-corrected chi connectivity index (χ4v) is 4.28. The van der Waals surface area contributed by atoms with E-state index in [1.165, 1.54) is 17.2 Å². The van der Waals surface area contributed by atoms with Crippen molar-refractivity contribution < 1.29 is 33.8 Å². The predicted molar refractivity (Wildman–Crippen MR) is 133 cm³/mol. The van der Waals surface area contributed by atoms with Gasteiger partial charge in [-0.2, -0.15) is 0 Å². The van der Waals surface area contributed by atoms with E-state index in [2.05, 4.69) is 19.9 Å². The highest BCUT2D eigenvalue weighted by molar-refractivity contribution is 6.49. The Morgan fingerprint density at radius 1 is 1.25 bits per heavy atom. The van der Waals surface area contributed by atoms with Gasteiger partial charge in [-0.15, -0.1) is 0 Å². The van der Waals surface area contributed by atoms with Crippen LogP contribution < -0.4 is 5.73 Å². The summed E-state index contributed by atoms with van der Waals surface area (Å²) in [4.78, 5) is 62.9. The lowest BCUT2D eigenvalue weighted by Crippen LogP contribution is -2.52. The van der Waals surface area contributed by atoms with Gasteiger partial charge in [0.1, 0.15) is 6.04 Å². The SMILES string of the molecule is CCC(C)/C=C(C)/C=C/C1=CC2=C(Cl)C(=O)C(C)(OC(C)=O)C(=O)C2=CN1C(CCC(=O)O)C(N)=O. The third-order valence-electron chi connectivity index (χ3n) is 6.05. The number of carboxylic acid groups (broad SMARTS) is 1. The Hall–Kier alpha value is -3.46. The van der Waals surface area contributed by atoms with Gasteiger partial charge in [0, 0.05) is 36.4 Å². The van der Waals surface area contributed by atoms with Crippen molar-refractivity contribution in [1.82, 2.24) is 4.90 Å². The fraction of sp³-hybridized carbons (Fsp3) is 0.423. The molecule has 0 saturated heterocycles. The quantitative estimate of drug-likeness (QED) is 0.254. The van der Waals surface area contributed by atoms with E-state index in [9.17, 15) is 24.0 Å². The van der Waals surface area contributed by atoms with E-state index < -0.39 is 41.1 Å². The summed E-state index contributed by atoms with van der Waals surface area (Å²) in [6, 6.07) is -1.12. The molecule has 1 heterocycles. The Kier molecular flexibility index (Phi) is 9.21. The van der Waals surface area contributed by atoms with Crippen molar-refractivity contribution in [3.63, 3.8) is 0 Å². The van der Waals surface area contributed by atoms with Gasteiger partial charge in [-0.05, 0) is 38.3 Å². The molecule has 0 fully saturated rings. The molecule has 36 heavy (non-hydrogen) atoms. The van der Waals surface area contributed by atoms with Gasteiger partial charge in [0.05, 0.1) is 5.03 Å². The number of amides is 1. The molecule has 10 heteroatoms. The zero-order valence-electron chi connectivity index (χ0n) is 21.0. The number of hydrogen-bond donors (Lipinski definition) is 2. The van der Waals surface area contributed by atoms with E-state index in [1.807, 2.05) is 6.92 Å². The van der Waals surface area contributed by atoms with Crippen LogP contribution in [0.5, 0.6) is 0 Å². The first-order valence-electron chi connectivity index (χ1n) is 11.5. The summed E-state index contributed by atoms with van der Waals surface area (Å²) in [5.41, 5.74) is 4.79. The molecule has 0 aromatic heterocycles. The average Bonchev–Trinajstić information content (AvgIpc) is 2.79. The van der Waals surface area contributed by atoms with Gasteiger partial charge in [-0.1, -0.05) is 49.6 Å². The number of ether oxygens (including phenoxy) is 1. The molecule has 0 bridgehead atoms. The van der Waals surface area contributed by atoms with Gasteiger partial charge in [-0.25, -0.2) is 0 Å². The number of carbonyl (C=O) groups is 5. The summed E-state index contributed by atoms with van der Waals surface area (Å²) in [6.07, 6.45) is 8.75. The van der Waals surface area contributed by atoms with Crippen LogP contribution in [0, 0.1) is 5.92 Å². The van der Waals surface area contributed by atoms with Crippen molar-refractivity contribution in [3.05, 3.63) is 58.0 Å². The van der Waals surface area contributed by atoms with Gasteiger partial charge < -0.3 is 20.5 Å². The molecule has 1 aliphatic heterocycles. The van der Waals surface area contributed by atoms with Crippen LogP contribution in [0.3, 0.4) is 0 Å². The number of halogens is 1. The second kappa shape index (κ2) is 11.5. The normalized spacial score (nSPS) is 22.2. The van der Waals surface area contributed by atoms with E-state index in [-0.39, 0.29) is 29.0 Å². The minimum atomic E-state index is -2.18. The third-order valence-corrected chi connectivity index (χ3v) is 6.42. The minimum Gasteiger partial charge on any atom is -0.481 e. The monoisotopic (exact) mass is 518 g/mol. The molecule has 1 aliphatic carbocycles. The van der Waals surface area contributed by atoms with Crippen molar-refractivity contribution in [3.8, 4) is 0 Å². The summed E-state index contributed by atoms with van der Waals surface area (Å²) in [5.74, 6) is -4.13. The molecule has 3 N–H and O–H groups in total. The molecule has 194 valence electrons. The van der Waals surface area contributed by atoms with Crippen LogP contribution in [-0.4, -0.2) is 51.1 Å². The standard InChI is InChI=1S/C26H31ClN2O7/c1-6-14(2)11-15(3)7-8-17-12-18-19(13-29(17)20(25(28)35)9-10-21(31)32)23(33)26(5,36-16(4)30)24(34)22(18)27/h7-8,11-14,20H,6,9-10H2,1-5H3,(H2,28,35)(H,31,32)/b8-7+,15-11+. The van der Waals surface area contributed by atoms with Crippen LogP contribution in [0.25, 0.3) is 0 Å². The number of carbonyl (C=O) groups excluding carboxylic acids is 4. The topological polar surface area (TPSA) is 144 Å². The number of ketones is 2. The van der Waals surface area contributed by atoms with E-state index >= 15 is 0 Å². The molecule has 0 spiro atoms. The second-order valence-corrected chi connectivity index (χ2v) is 9.39. The first-order valence-corrected chi connectivity index (χ1v) is 11.9. The lowest BCUT2D eigenvalue weighted by Gasteiger charge is -2.37. The van der Waals surface area contributed by atoms with Crippen molar-refractivity contribution >= 4 is 41.0 Å². The van der Waals surface area contributed by atoms with Crippen molar-refractivity contribution in [2.24, 2.45) is 11.7 Å². The molecule has 3 atom stereocenters. The minimum absolute atomic E-state index is 0.0612. The van der Waals surface area contributed by atoms with Crippen molar-refractivity contribution in [1.29, 1.82) is 0 Å². The molecule has 0 aromatic rings. The first-order chi connectivity index (χ1) is 16.7. The number of allylic oxidation sites excluding steroid dienone is 6. The maximum Gasteiger partial charge on any atom is 0.304 e. The predicted octanol–water partition coefficient (Wildman–Crippen LogP) is 3.30. The average molecular weight is 519 g/mol. The molecule has 0 radical (unpaired) electrons. The summed E-state index contributed by atoms with van der Waals surface area (Å²) in [5, 5.41) is 8.85. The van der Waals surface area contributed by atoms with E-state index in [0.29, 0.717) is 11.6 Å². The first kappa shape index (κ1) is 28.8. The maximum atomic E-state index is 13.4. The van der Waals surface area contributed by atoms with E-state index in [1.54, 1.807) is 12.2 Å². The highest BCUT2D eigenvalue weighted by Crippen LogP contribution is 2.40. The molecule has 0 aromatic carbocycles. The van der Waals surface area contributed by atoms with E-state index in [0.717, 1.165) is 25.8 Å². The van der Waals surface area contributed by atoms with Gasteiger partial charge in [0.25, 0.3) is 0 Å². The van der Waals surface area contributed by atoms with Crippen LogP contribution in [-0.2, 0) is 28.7 Å².